The van der Waals surface area contributed by atoms with Crippen LogP contribution >= 0.6 is 0 Å². The van der Waals surface area contributed by atoms with Crippen molar-refractivity contribution >= 4 is 44.6 Å². The normalized spacial score (nSPS) is 31.1. The fourth-order valence-corrected chi connectivity index (χ4v) is 9.92. The average molecular weight is 808 g/mol. The van der Waals surface area contributed by atoms with Crippen LogP contribution in [0, 0.1) is 23.2 Å². The molecule has 0 spiro atoms. The molecule has 7 atom stereocenters. The molecule has 15 heteroatoms. The molecule has 0 bridgehead atoms. The van der Waals surface area contributed by atoms with Gasteiger partial charge < -0.3 is 24.8 Å². The van der Waals surface area contributed by atoms with Crippen molar-refractivity contribution < 1.29 is 42.2 Å². The molecular formula is C42H57N5O9S. The van der Waals surface area contributed by atoms with Crippen LogP contribution in [-0.4, -0.2) is 100 Å². The molecule has 3 heterocycles. The zero-order valence-electron chi connectivity index (χ0n) is 33.7. The molecule has 2 aromatic rings. The lowest BCUT2D eigenvalue weighted by Crippen LogP contribution is -2.60. The predicted molar refractivity (Wildman–Crippen MR) is 213 cm³/mol. The Hall–Kier alpha value is -4.40. The van der Waals surface area contributed by atoms with Gasteiger partial charge in [0, 0.05) is 29.7 Å². The van der Waals surface area contributed by atoms with E-state index in [1.807, 2.05) is 57.2 Å². The molecule has 4 fully saturated rings. The maximum absolute atomic E-state index is 15.1. The van der Waals surface area contributed by atoms with Gasteiger partial charge in [0.1, 0.15) is 29.5 Å². The monoisotopic (exact) mass is 807 g/mol. The molecule has 14 nitrogen and oxygen atoms in total. The van der Waals surface area contributed by atoms with Gasteiger partial charge in [0.2, 0.25) is 27.7 Å². The summed E-state index contributed by atoms with van der Waals surface area (Å²) in [6, 6.07) is 5.29. The van der Waals surface area contributed by atoms with Gasteiger partial charge in [0.15, 0.2) is 0 Å². The molecule has 0 radical (unpaired) electrons. The number of amides is 4. The van der Waals surface area contributed by atoms with Gasteiger partial charge in [0.25, 0.3) is 5.91 Å². The number of pyridine rings is 1. The van der Waals surface area contributed by atoms with E-state index in [0.717, 1.165) is 31.1 Å². The summed E-state index contributed by atoms with van der Waals surface area (Å²) in [5.41, 5.74) is -1.78. The highest BCUT2D eigenvalue weighted by atomic mass is 32.2. The maximum atomic E-state index is 15.1. The van der Waals surface area contributed by atoms with Crippen LogP contribution in [0.5, 0.6) is 11.6 Å². The number of sulfonamides is 1. The van der Waals surface area contributed by atoms with Crippen molar-refractivity contribution in [1.82, 2.24) is 24.8 Å². The van der Waals surface area contributed by atoms with Crippen molar-refractivity contribution in [2.45, 2.75) is 127 Å². The van der Waals surface area contributed by atoms with Crippen LogP contribution in [0.25, 0.3) is 10.8 Å². The summed E-state index contributed by atoms with van der Waals surface area (Å²) < 4.78 is 40.2. The Kier molecular flexibility index (Phi) is 11.0. The second kappa shape index (κ2) is 15.4. The molecule has 7 rings (SSSR count). The minimum absolute atomic E-state index is 0.0263. The van der Waals surface area contributed by atoms with Crippen molar-refractivity contribution in [3.8, 4) is 11.6 Å². The third kappa shape index (κ3) is 8.31. The minimum atomic E-state index is -4.01. The van der Waals surface area contributed by atoms with Crippen LogP contribution in [-0.2, 0) is 24.4 Å². The van der Waals surface area contributed by atoms with E-state index in [1.165, 1.54) is 9.80 Å². The largest absolute Gasteiger partial charge is 0.491 e. The number of nitrogens with one attached hydrogen (secondary N) is 2. The number of carbonyl (C=O) groups is 4. The van der Waals surface area contributed by atoms with E-state index in [4.69, 9.17) is 9.47 Å². The van der Waals surface area contributed by atoms with E-state index in [-0.39, 0.29) is 43.2 Å². The fraction of sp³-hybridized carbons (Fsp3) is 0.643. The van der Waals surface area contributed by atoms with E-state index in [0.29, 0.717) is 49.3 Å². The lowest BCUT2D eigenvalue weighted by Gasteiger charge is -2.38. The molecule has 3 N–H and O–H groups in total. The molecule has 0 unspecified atom stereocenters. The number of rotatable bonds is 11. The van der Waals surface area contributed by atoms with Crippen LogP contribution in [0.1, 0.15) is 98.8 Å². The minimum Gasteiger partial charge on any atom is -0.491 e. The van der Waals surface area contributed by atoms with Crippen LogP contribution < -0.4 is 19.5 Å². The molecule has 310 valence electrons. The molecule has 1 saturated heterocycles. The zero-order chi connectivity index (χ0) is 40.9. The van der Waals surface area contributed by atoms with Gasteiger partial charge in [0.05, 0.1) is 24.1 Å². The van der Waals surface area contributed by atoms with Gasteiger partial charge in [-0.2, -0.15) is 0 Å². The van der Waals surface area contributed by atoms with Gasteiger partial charge >= 0.3 is 6.09 Å². The van der Waals surface area contributed by atoms with Crippen molar-refractivity contribution in [3.63, 3.8) is 0 Å². The van der Waals surface area contributed by atoms with Crippen molar-refractivity contribution in [2.75, 3.05) is 19.7 Å². The summed E-state index contributed by atoms with van der Waals surface area (Å²) in [7, 11) is -4.01. The maximum Gasteiger partial charge on any atom is 0.408 e. The lowest BCUT2D eigenvalue weighted by molar-refractivity contribution is -0.144. The first-order valence-corrected chi connectivity index (χ1v) is 22.0. The highest BCUT2D eigenvalue weighted by molar-refractivity contribution is 7.91. The number of fused-ring (bicyclic) bond motifs is 3. The Labute approximate surface area is 335 Å². The quantitative estimate of drug-likeness (QED) is 0.248. The summed E-state index contributed by atoms with van der Waals surface area (Å²) in [5.74, 6) is -1.76. The van der Waals surface area contributed by atoms with Crippen LogP contribution in [0.15, 0.2) is 42.6 Å². The molecule has 3 aliphatic carbocycles. The molecule has 5 aliphatic rings. The second-order valence-electron chi connectivity index (χ2n) is 17.9. The zero-order valence-corrected chi connectivity index (χ0v) is 34.5. The predicted octanol–water partition coefficient (Wildman–Crippen LogP) is 5.41. The van der Waals surface area contributed by atoms with Gasteiger partial charge in [-0.15, -0.1) is 0 Å². The van der Waals surface area contributed by atoms with E-state index < -0.39 is 68.2 Å². The Morgan fingerprint density at radius 1 is 1.09 bits per heavy atom. The number of benzene rings is 1. The van der Waals surface area contributed by atoms with E-state index in [9.17, 15) is 27.9 Å². The Morgan fingerprint density at radius 3 is 2.47 bits per heavy atom. The fourth-order valence-electron chi connectivity index (χ4n) is 8.60. The number of nitrogens with zero attached hydrogens (tertiary/aromatic N) is 3. The molecule has 4 amide bonds. The van der Waals surface area contributed by atoms with Crippen molar-refractivity contribution in [3.05, 3.63) is 42.6 Å². The summed E-state index contributed by atoms with van der Waals surface area (Å²) in [6.45, 7) is 10.3. The van der Waals surface area contributed by atoms with Gasteiger partial charge in [-0.1, -0.05) is 58.0 Å². The van der Waals surface area contributed by atoms with Gasteiger partial charge in [-0.25, -0.2) is 18.2 Å². The van der Waals surface area contributed by atoms with E-state index in [2.05, 4.69) is 21.9 Å². The van der Waals surface area contributed by atoms with E-state index >= 15 is 4.79 Å². The van der Waals surface area contributed by atoms with Crippen LogP contribution in [0.2, 0.25) is 0 Å². The average Bonchev–Trinajstić information content (AvgIpc) is 4.12. The molecular weight excluding hydrogens is 751 g/mol. The second-order valence-corrected chi connectivity index (χ2v) is 20.1. The summed E-state index contributed by atoms with van der Waals surface area (Å²) >= 11 is 0. The molecule has 1 aromatic heterocycles. The number of carboxylic acid groups (broad SMARTS) is 1. The van der Waals surface area contributed by atoms with Gasteiger partial charge in [-0.05, 0) is 88.0 Å². The van der Waals surface area contributed by atoms with Crippen molar-refractivity contribution in [2.24, 2.45) is 23.2 Å². The standard InChI is InChI=1S/C42H57N5O9S/c1-6-19-55-33-23-43-36(31-14-10-9-13-30(31)33)56-29-21-32-35(48)44-42(38(50)45-57(53,54)41(5)17-18-41)22-28(42)12-8-7-11-26(2)20-27(3)34(37(49)46(32)24-29)47(39(51)52)25-40(4)15-16-40/h8-10,12-14,23,26-29,32,34H,6-7,11,15-22,24-25H2,1-5H3,(H,44,48)(H,45,50)(H,51,52)/b12-8-/t26-,27-,28-,29-,32+,34+,42-/m1/s1. The number of carbonyl (C=O) groups excluding carboxylic acids is 3. The number of aromatic nitrogens is 1. The first kappa shape index (κ1) is 40.8. The number of hydrogen-bond acceptors (Lipinski definition) is 9. The molecule has 3 saturated carbocycles. The third-order valence-electron chi connectivity index (χ3n) is 12.9. The van der Waals surface area contributed by atoms with E-state index in [1.54, 1.807) is 13.1 Å². The summed E-state index contributed by atoms with van der Waals surface area (Å²) in [4.78, 5) is 64.1. The highest BCUT2D eigenvalue weighted by Crippen LogP contribution is 2.49. The number of hydrogen-bond donors (Lipinski definition) is 3. The van der Waals surface area contributed by atoms with Crippen molar-refractivity contribution in [1.29, 1.82) is 0 Å². The highest BCUT2D eigenvalue weighted by Gasteiger charge is 2.63. The first-order chi connectivity index (χ1) is 27.0. The molecule has 57 heavy (non-hydrogen) atoms. The van der Waals surface area contributed by atoms with Crippen LogP contribution in [0.4, 0.5) is 4.79 Å². The smallest absolute Gasteiger partial charge is 0.408 e. The summed E-state index contributed by atoms with van der Waals surface area (Å²) in [6.07, 6.45) is 9.09. The van der Waals surface area contributed by atoms with Crippen LogP contribution in [0.3, 0.4) is 0 Å². The Balaban J connectivity index is 1.25. The molecule has 2 aliphatic heterocycles. The number of allylic oxidation sites excluding steroid dienone is 1. The topological polar surface area (TPSA) is 185 Å². The SMILES string of the molecule is CCCOc1cnc(O[C@@H]2C[C@H]3C(=O)N[C@]4(C(=O)NS(=O)(=O)C5(C)CC5)C[C@H]4/C=C\CC[C@@H](C)C[C@@H](C)[C@H](N(CC4(C)CC4)C(=O)O)C(=O)N3C2)c2ccccc12. The molecule has 1 aromatic carbocycles. The summed E-state index contributed by atoms with van der Waals surface area (Å²) in [5, 5.41) is 15.1. The number of ether oxygens (including phenoxy) is 2. The lowest BCUT2D eigenvalue weighted by atomic mass is 9.86. The Bertz CT molecular complexity index is 2050. The third-order valence-corrected chi connectivity index (χ3v) is 15.1. The Morgan fingerprint density at radius 2 is 1.81 bits per heavy atom. The van der Waals surface area contributed by atoms with Gasteiger partial charge in [-0.3, -0.25) is 24.0 Å². The first-order valence-electron chi connectivity index (χ1n) is 20.5.